The molecule has 1 amide bonds. The van der Waals surface area contributed by atoms with Gasteiger partial charge >= 0.3 is 0 Å². The second-order valence-electron chi connectivity index (χ2n) is 7.01. The van der Waals surface area contributed by atoms with Gasteiger partial charge < -0.3 is 9.88 Å². The van der Waals surface area contributed by atoms with E-state index in [0.29, 0.717) is 31.4 Å². The lowest BCUT2D eigenvalue weighted by Gasteiger charge is -2.08. The van der Waals surface area contributed by atoms with Crippen LogP contribution in [0.4, 0.5) is 0 Å². The van der Waals surface area contributed by atoms with Crippen molar-refractivity contribution in [1.29, 1.82) is 0 Å². The molecule has 3 rings (SSSR count). The molecule has 3 aromatic rings. The van der Waals surface area contributed by atoms with Gasteiger partial charge in [-0.05, 0) is 37.1 Å². The summed E-state index contributed by atoms with van der Waals surface area (Å²) in [4.78, 5) is 16.8. The third kappa shape index (κ3) is 5.21. The van der Waals surface area contributed by atoms with Crippen LogP contribution in [0.1, 0.15) is 31.2 Å². The normalized spacial score (nSPS) is 11.8. The second-order valence-corrected chi connectivity index (χ2v) is 8.57. The molecule has 3 N–H and O–H groups in total. The van der Waals surface area contributed by atoms with Gasteiger partial charge in [-0.25, -0.2) is 18.5 Å². The summed E-state index contributed by atoms with van der Waals surface area (Å²) in [6.45, 7) is 5.88. The van der Waals surface area contributed by atoms with Gasteiger partial charge in [-0.3, -0.25) is 9.48 Å². The fourth-order valence-electron chi connectivity index (χ4n) is 3.21. The number of nitrogens with two attached hydrogens (primary N) is 1. The number of fused-ring (bicyclic) bond motifs is 1. The van der Waals surface area contributed by atoms with Crippen molar-refractivity contribution in [3.8, 4) is 0 Å². The molecule has 0 saturated carbocycles. The van der Waals surface area contributed by atoms with Crippen molar-refractivity contribution in [1.82, 2.24) is 24.6 Å². The van der Waals surface area contributed by atoms with E-state index >= 15 is 0 Å². The number of nitrogens with one attached hydrogen (secondary N) is 1. The van der Waals surface area contributed by atoms with Crippen LogP contribution in [0.25, 0.3) is 11.0 Å². The Bertz CT molecular complexity index is 1120. The monoisotopic (exact) mass is 418 g/mol. The molecular weight excluding hydrogens is 392 g/mol. The Hall–Kier alpha value is -2.72. The molecule has 9 nitrogen and oxygen atoms in total. The van der Waals surface area contributed by atoms with Crippen LogP contribution in [0.15, 0.2) is 35.5 Å². The molecule has 0 atom stereocenters. The average Bonchev–Trinajstić information content (AvgIpc) is 3.22. The van der Waals surface area contributed by atoms with Crippen LogP contribution in [0.2, 0.25) is 0 Å². The highest BCUT2D eigenvalue weighted by atomic mass is 32.2. The number of rotatable bonds is 9. The Labute approximate surface area is 170 Å². The van der Waals surface area contributed by atoms with Gasteiger partial charge in [-0.15, -0.1) is 0 Å². The van der Waals surface area contributed by atoms with Gasteiger partial charge in [-0.2, -0.15) is 5.10 Å². The van der Waals surface area contributed by atoms with Crippen LogP contribution < -0.4 is 10.5 Å². The van der Waals surface area contributed by atoms with Gasteiger partial charge in [0.15, 0.2) is 0 Å². The minimum absolute atomic E-state index is 0.0318. The Balaban J connectivity index is 1.66. The number of carbonyl (C=O) groups is 1. The first-order valence-electron chi connectivity index (χ1n) is 9.55. The number of hydrogen-bond donors (Lipinski definition) is 2. The number of primary sulfonamides is 1. The predicted octanol–water partition coefficient (Wildman–Crippen LogP) is 1.35. The van der Waals surface area contributed by atoms with E-state index in [1.165, 1.54) is 12.1 Å². The van der Waals surface area contributed by atoms with Crippen molar-refractivity contribution >= 4 is 27.0 Å². The number of imidazole rings is 1. The summed E-state index contributed by atoms with van der Waals surface area (Å²) in [7, 11) is -3.79. The Kier molecular flexibility index (Phi) is 6.33. The van der Waals surface area contributed by atoms with E-state index in [1.807, 2.05) is 17.7 Å². The maximum absolute atomic E-state index is 12.2. The molecule has 0 radical (unpaired) electrons. The standard InChI is InChI=1S/C19H26N6O3S/c1-3-9-25-17-5-4-15(29(20,27)28)11-16(17)23-18(25)6-7-19(26)21-8-10-24-13-14(2)12-22-24/h4-5,11-13H,3,6-10H2,1-2H3,(H,21,26)(H2,20,27,28). The van der Waals surface area contributed by atoms with Crippen molar-refractivity contribution in [2.24, 2.45) is 5.14 Å². The molecule has 0 aliphatic heterocycles. The number of amides is 1. The molecule has 0 fully saturated rings. The zero-order valence-corrected chi connectivity index (χ0v) is 17.4. The highest BCUT2D eigenvalue weighted by molar-refractivity contribution is 7.89. The Morgan fingerprint density at radius 1 is 1.28 bits per heavy atom. The molecule has 0 unspecified atom stereocenters. The number of benzene rings is 1. The average molecular weight is 419 g/mol. The van der Waals surface area contributed by atoms with E-state index in [1.54, 1.807) is 16.9 Å². The van der Waals surface area contributed by atoms with Crippen LogP contribution in [-0.4, -0.2) is 40.2 Å². The zero-order valence-electron chi connectivity index (χ0n) is 16.6. The van der Waals surface area contributed by atoms with E-state index in [4.69, 9.17) is 5.14 Å². The topological polar surface area (TPSA) is 125 Å². The smallest absolute Gasteiger partial charge is 0.238 e. The molecule has 1 aromatic carbocycles. The quantitative estimate of drug-likeness (QED) is 0.543. The van der Waals surface area contributed by atoms with Gasteiger partial charge in [0.1, 0.15) is 5.82 Å². The summed E-state index contributed by atoms with van der Waals surface area (Å²) < 4.78 is 27.0. The molecule has 2 aromatic heterocycles. The van der Waals surface area contributed by atoms with E-state index in [-0.39, 0.29) is 10.8 Å². The van der Waals surface area contributed by atoms with Crippen molar-refractivity contribution < 1.29 is 13.2 Å². The first-order valence-corrected chi connectivity index (χ1v) is 11.1. The highest BCUT2D eigenvalue weighted by Gasteiger charge is 2.15. The van der Waals surface area contributed by atoms with Crippen LogP contribution in [0.3, 0.4) is 0 Å². The fourth-order valence-corrected chi connectivity index (χ4v) is 3.75. The van der Waals surface area contributed by atoms with Gasteiger partial charge in [0.2, 0.25) is 15.9 Å². The lowest BCUT2D eigenvalue weighted by Crippen LogP contribution is -2.27. The minimum atomic E-state index is -3.79. The van der Waals surface area contributed by atoms with Crippen molar-refractivity contribution in [3.05, 3.63) is 42.0 Å². The third-order valence-electron chi connectivity index (χ3n) is 4.58. The van der Waals surface area contributed by atoms with Gasteiger partial charge in [0, 0.05) is 32.1 Å². The maximum atomic E-state index is 12.2. The van der Waals surface area contributed by atoms with Gasteiger partial charge in [0.05, 0.1) is 28.7 Å². The summed E-state index contributed by atoms with van der Waals surface area (Å²) >= 11 is 0. The van der Waals surface area contributed by atoms with Crippen LogP contribution in [0.5, 0.6) is 0 Å². The minimum Gasteiger partial charge on any atom is -0.354 e. The predicted molar refractivity (Wildman–Crippen MR) is 110 cm³/mol. The molecule has 0 spiro atoms. The van der Waals surface area contributed by atoms with Gasteiger partial charge in [0.25, 0.3) is 0 Å². The molecule has 156 valence electrons. The molecule has 0 bridgehead atoms. The maximum Gasteiger partial charge on any atom is 0.238 e. The zero-order chi connectivity index (χ0) is 21.0. The first-order chi connectivity index (χ1) is 13.8. The first kappa shape index (κ1) is 21.0. The van der Waals surface area contributed by atoms with Crippen molar-refractivity contribution in [2.45, 2.75) is 51.1 Å². The molecular formula is C19H26N6O3S. The lowest BCUT2D eigenvalue weighted by molar-refractivity contribution is -0.121. The Morgan fingerprint density at radius 3 is 2.72 bits per heavy atom. The molecule has 0 aliphatic rings. The van der Waals surface area contributed by atoms with E-state index < -0.39 is 10.0 Å². The number of aromatic nitrogens is 4. The SMILES string of the molecule is CCCn1c(CCC(=O)NCCn2cc(C)cn2)nc2cc(S(N)(=O)=O)ccc21. The number of sulfonamides is 1. The van der Waals surface area contributed by atoms with Crippen molar-refractivity contribution in [3.63, 3.8) is 0 Å². The van der Waals surface area contributed by atoms with Crippen molar-refractivity contribution in [2.75, 3.05) is 6.54 Å². The van der Waals surface area contributed by atoms with E-state index in [9.17, 15) is 13.2 Å². The molecule has 2 heterocycles. The molecule has 0 saturated heterocycles. The lowest BCUT2D eigenvalue weighted by atomic mass is 10.2. The number of hydrogen-bond acceptors (Lipinski definition) is 5. The summed E-state index contributed by atoms with van der Waals surface area (Å²) in [6, 6.07) is 4.68. The summed E-state index contributed by atoms with van der Waals surface area (Å²) in [6.07, 6.45) is 5.36. The number of nitrogens with zero attached hydrogens (tertiary/aromatic N) is 4. The fraction of sp³-hybridized carbons (Fsp3) is 0.421. The number of carbonyl (C=O) groups excluding carboxylic acids is 1. The second kappa shape index (κ2) is 8.75. The van der Waals surface area contributed by atoms with Crippen LogP contribution >= 0.6 is 0 Å². The summed E-state index contributed by atoms with van der Waals surface area (Å²) in [5.41, 5.74) is 2.48. The van der Waals surface area contributed by atoms with E-state index in [0.717, 1.165) is 29.9 Å². The van der Waals surface area contributed by atoms with Gasteiger partial charge in [-0.1, -0.05) is 6.92 Å². The summed E-state index contributed by atoms with van der Waals surface area (Å²) in [5, 5.41) is 12.3. The third-order valence-corrected chi connectivity index (χ3v) is 5.49. The largest absolute Gasteiger partial charge is 0.354 e. The Morgan fingerprint density at radius 2 is 2.07 bits per heavy atom. The molecule has 0 aliphatic carbocycles. The number of aryl methyl sites for hydroxylation is 3. The van der Waals surface area contributed by atoms with Crippen LogP contribution in [-0.2, 0) is 34.3 Å². The van der Waals surface area contributed by atoms with Crippen LogP contribution in [0, 0.1) is 6.92 Å². The molecule has 10 heteroatoms. The molecule has 29 heavy (non-hydrogen) atoms. The highest BCUT2D eigenvalue weighted by Crippen LogP contribution is 2.21. The summed E-state index contributed by atoms with van der Waals surface area (Å²) in [5.74, 6) is 0.695. The van der Waals surface area contributed by atoms with E-state index in [2.05, 4.69) is 22.3 Å².